The Labute approximate surface area is 164 Å². The van der Waals surface area contributed by atoms with Crippen molar-refractivity contribution in [1.29, 1.82) is 0 Å². The first-order valence-electron chi connectivity index (χ1n) is 9.80. The fourth-order valence-electron chi connectivity index (χ4n) is 3.89. The summed E-state index contributed by atoms with van der Waals surface area (Å²) in [6, 6.07) is 19.1. The Hall–Kier alpha value is -2.24. The highest BCUT2D eigenvalue weighted by molar-refractivity contribution is 7.18. The zero-order valence-corrected chi connectivity index (χ0v) is 16.3. The highest BCUT2D eigenvalue weighted by Crippen LogP contribution is 2.28. The molecule has 2 atom stereocenters. The minimum Gasteiger partial charge on any atom is -0.351 e. The Morgan fingerprint density at radius 3 is 2.81 bits per heavy atom. The molecule has 0 spiro atoms. The number of aromatic nitrogens is 1. The number of thiazole rings is 1. The lowest BCUT2D eigenvalue weighted by Crippen LogP contribution is -3.11. The van der Waals surface area contributed by atoms with Gasteiger partial charge in [0.05, 0.1) is 16.8 Å². The van der Waals surface area contributed by atoms with Crippen LogP contribution in [-0.2, 0) is 11.2 Å². The van der Waals surface area contributed by atoms with Crippen molar-refractivity contribution in [1.82, 2.24) is 10.3 Å². The van der Waals surface area contributed by atoms with Crippen LogP contribution in [0.5, 0.6) is 0 Å². The fraction of sp³-hybridized carbons (Fsp3) is 0.364. The van der Waals surface area contributed by atoms with Crippen LogP contribution in [0.15, 0.2) is 54.6 Å². The average Bonchev–Trinajstić information content (AvgIpc) is 3.32. The minimum absolute atomic E-state index is 0.158. The van der Waals surface area contributed by atoms with E-state index in [-0.39, 0.29) is 5.91 Å². The van der Waals surface area contributed by atoms with Crippen LogP contribution in [0.25, 0.3) is 10.2 Å². The highest BCUT2D eigenvalue weighted by atomic mass is 32.1. The van der Waals surface area contributed by atoms with Crippen molar-refractivity contribution in [2.45, 2.75) is 31.7 Å². The number of amides is 1. The first-order chi connectivity index (χ1) is 13.3. The molecular weight excluding hydrogens is 354 g/mol. The van der Waals surface area contributed by atoms with E-state index >= 15 is 0 Å². The zero-order valence-electron chi connectivity index (χ0n) is 15.5. The molecule has 1 amide bonds. The summed E-state index contributed by atoms with van der Waals surface area (Å²) in [6.45, 7) is 2.34. The number of carbonyl (C=O) groups is 1. The summed E-state index contributed by atoms with van der Waals surface area (Å²) in [5.41, 5.74) is 2.40. The lowest BCUT2D eigenvalue weighted by Gasteiger charge is -2.19. The van der Waals surface area contributed by atoms with Crippen LogP contribution in [-0.4, -0.2) is 30.5 Å². The van der Waals surface area contributed by atoms with E-state index in [9.17, 15) is 4.79 Å². The molecular formula is C22H26N3OS+. The maximum absolute atomic E-state index is 12.4. The molecule has 5 heteroatoms. The molecule has 2 heterocycles. The van der Waals surface area contributed by atoms with Crippen molar-refractivity contribution < 1.29 is 9.69 Å². The van der Waals surface area contributed by atoms with Gasteiger partial charge in [0.1, 0.15) is 6.04 Å². The van der Waals surface area contributed by atoms with Crippen molar-refractivity contribution in [3.05, 3.63) is 65.2 Å². The van der Waals surface area contributed by atoms with E-state index in [0.717, 1.165) is 44.3 Å². The first-order valence-corrected chi connectivity index (χ1v) is 10.6. The number of quaternary nitrogens is 1. The number of nitrogens with one attached hydrogen (secondary N) is 2. The highest BCUT2D eigenvalue weighted by Gasteiger charge is 2.33. The minimum atomic E-state index is 0.158. The van der Waals surface area contributed by atoms with Gasteiger partial charge in [0, 0.05) is 19.4 Å². The number of likely N-dealkylation sites (tertiary alicyclic amines) is 1. The van der Waals surface area contributed by atoms with Crippen LogP contribution in [0.2, 0.25) is 0 Å². The molecule has 0 saturated carbocycles. The molecule has 1 aliphatic rings. The van der Waals surface area contributed by atoms with Crippen LogP contribution < -0.4 is 10.2 Å². The number of benzene rings is 2. The normalized spacial score (nSPS) is 19.4. The van der Waals surface area contributed by atoms with E-state index < -0.39 is 0 Å². The number of hydrogen-bond donors (Lipinski definition) is 2. The Bertz CT molecular complexity index is 860. The topological polar surface area (TPSA) is 46.4 Å². The molecule has 0 aliphatic carbocycles. The van der Waals surface area contributed by atoms with Gasteiger partial charge in [0.2, 0.25) is 0 Å². The van der Waals surface area contributed by atoms with Gasteiger partial charge in [-0.2, -0.15) is 0 Å². The standard InChI is InChI=1S/C22H25N3OS/c26-21(23-14-6-10-17-8-2-1-3-9-17)16-25-15-7-12-19(25)22-24-18-11-4-5-13-20(18)27-22/h1-5,8-9,11,13,19H,6-7,10,12,14-16H2,(H,23,26)/p+1/t19-/m0/s1. The van der Waals surface area contributed by atoms with Crippen LogP contribution in [0.3, 0.4) is 0 Å². The van der Waals surface area contributed by atoms with Gasteiger partial charge >= 0.3 is 0 Å². The van der Waals surface area contributed by atoms with Gasteiger partial charge in [-0.3, -0.25) is 4.79 Å². The predicted molar refractivity (Wildman–Crippen MR) is 110 cm³/mol. The maximum Gasteiger partial charge on any atom is 0.275 e. The van der Waals surface area contributed by atoms with Crippen LogP contribution in [0, 0.1) is 0 Å². The maximum atomic E-state index is 12.4. The summed E-state index contributed by atoms with van der Waals surface area (Å²) in [7, 11) is 0. The van der Waals surface area contributed by atoms with Gasteiger partial charge in [-0.05, 0) is 30.5 Å². The molecule has 1 fully saturated rings. The lowest BCUT2D eigenvalue weighted by molar-refractivity contribution is -0.910. The quantitative estimate of drug-likeness (QED) is 0.619. The molecule has 2 aromatic carbocycles. The van der Waals surface area contributed by atoms with Gasteiger partial charge < -0.3 is 10.2 Å². The third-order valence-electron chi connectivity index (χ3n) is 5.29. The molecule has 2 N–H and O–H groups in total. The second-order valence-corrected chi connectivity index (χ2v) is 8.30. The van der Waals surface area contributed by atoms with E-state index in [1.807, 2.05) is 12.1 Å². The van der Waals surface area contributed by atoms with E-state index in [1.54, 1.807) is 11.3 Å². The molecule has 140 valence electrons. The summed E-state index contributed by atoms with van der Waals surface area (Å²) < 4.78 is 1.24. The average molecular weight is 381 g/mol. The molecule has 0 radical (unpaired) electrons. The number of nitrogens with zero attached hydrogens (tertiary/aromatic N) is 1. The van der Waals surface area contributed by atoms with E-state index in [1.165, 1.54) is 20.2 Å². The first kappa shape index (κ1) is 18.1. The Kier molecular flexibility index (Phi) is 5.80. The Morgan fingerprint density at radius 2 is 1.96 bits per heavy atom. The summed E-state index contributed by atoms with van der Waals surface area (Å²) >= 11 is 1.78. The fourth-order valence-corrected chi connectivity index (χ4v) is 5.06. The molecule has 1 aliphatic heterocycles. The van der Waals surface area contributed by atoms with Crippen molar-refractivity contribution in [3.63, 3.8) is 0 Å². The molecule has 1 aromatic heterocycles. The summed E-state index contributed by atoms with van der Waals surface area (Å²) in [5.74, 6) is 0.158. The second kappa shape index (κ2) is 8.63. The molecule has 3 aromatic rings. The third kappa shape index (κ3) is 4.54. The summed E-state index contributed by atoms with van der Waals surface area (Å²) in [5, 5.41) is 4.28. The largest absolute Gasteiger partial charge is 0.351 e. The predicted octanol–water partition coefficient (Wildman–Crippen LogP) is 2.77. The van der Waals surface area contributed by atoms with E-state index in [4.69, 9.17) is 4.98 Å². The number of aryl methyl sites for hydroxylation is 1. The van der Waals surface area contributed by atoms with Crippen LogP contribution >= 0.6 is 11.3 Å². The van der Waals surface area contributed by atoms with Crippen molar-refractivity contribution >= 4 is 27.5 Å². The number of carbonyl (C=O) groups excluding carboxylic acids is 1. The second-order valence-electron chi connectivity index (χ2n) is 7.24. The Balaban J connectivity index is 1.28. The third-order valence-corrected chi connectivity index (χ3v) is 6.44. The van der Waals surface area contributed by atoms with Crippen LogP contribution in [0.1, 0.15) is 35.9 Å². The van der Waals surface area contributed by atoms with Gasteiger partial charge in [-0.15, -0.1) is 11.3 Å². The monoisotopic (exact) mass is 380 g/mol. The van der Waals surface area contributed by atoms with Crippen molar-refractivity contribution in [3.8, 4) is 0 Å². The van der Waals surface area contributed by atoms with Gasteiger partial charge in [0.25, 0.3) is 5.91 Å². The number of rotatable bonds is 7. The van der Waals surface area contributed by atoms with Crippen molar-refractivity contribution in [2.24, 2.45) is 0 Å². The number of fused-ring (bicyclic) bond motifs is 1. The lowest BCUT2D eigenvalue weighted by atomic mass is 10.1. The zero-order chi connectivity index (χ0) is 18.5. The SMILES string of the molecule is O=C(C[NH+]1CCC[C@H]1c1nc2ccccc2s1)NCCCc1ccccc1. The molecule has 1 unspecified atom stereocenters. The number of para-hydroxylation sites is 1. The molecule has 27 heavy (non-hydrogen) atoms. The van der Waals surface area contributed by atoms with Crippen molar-refractivity contribution in [2.75, 3.05) is 19.6 Å². The Morgan fingerprint density at radius 1 is 1.15 bits per heavy atom. The summed E-state index contributed by atoms with van der Waals surface area (Å²) in [6.07, 6.45) is 4.27. The molecule has 0 bridgehead atoms. The van der Waals surface area contributed by atoms with Gasteiger partial charge in [0.15, 0.2) is 11.6 Å². The molecule has 4 rings (SSSR count). The van der Waals surface area contributed by atoms with Gasteiger partial charge in [-0.25, -0.2) is 4.98 Å². The molecule has 1 saturated heterocycles. The van der Waals surface area contributed by atoms with Crippen LogP contribution in [0.4, 0.5) is 0 Å². The molecule has 4 nitrogen and oxygen atoms in total. The summed E-state index contributed by atoms with van der Waals surface area (Å²) in [4.78, 5) is 18.6. The van der Waals surface area contributed by atoms with Gasteiger partial charge in [-0.1, -0.05) is 42.5 Å². The van der Waals surface area contributed by atoms with E-state index in [0.29, 0.717) is 12.6 Å². The smallest absolute Gasteiger partial charge is 0.275 e. The number of hydrogen-bond acceptors (Lipinski definition) is 3. The van der Waals surface area contributed by atoms with E-state index in [2.05, 4.69) is 47.8 Å².